The fraction of sp³-hybridized carbons (Fsp3) is 0.692. The molecule has 0 aromatic carbocycles. The van der Waals surface area contributed by atoms with Crippen LogP contribution in [0.3, 0.4) is 0 Å². The summed E-state index contributed by atoms with van der Waals surface area (Å²) in [5.74, 6) is 0.735. The third-order valence-corrected chi connectivity index (χ3v) is 3.30. The Hall–Kier alpha value is -0.960. The summed E-state index contributed by atoms with van der Waals surface area (Å²) < 4.78 is 0. The van der Waals surface area contributed by atoms with Crippen LogP contribution in [0.2, 0.25) is 0 Å². The summed E-state index contributed by atoms with van der Waals surface area (Å²) >= 11 is 0. The Morgan fingerprint density at radius 3 is 2.38 bits per heavy atom. The van der Waals surface area contributed by atoms with Gasteiger partial charge in [0.15, 0.2) is 0 Å². The van der Waals surface area contributed by atoms with Crippen LogP contribution in [0.5, 0.6) is 0 Å². The molecule has 2 atom stereocenters. The van der Waals surface area contributed by atoms with Crippen LogP contribution in [0, 0.1) is 5.92 Å². The van der Waals surface area contributed by atoms with Crippen LogP contribution in [0.15, 0.2) is 18.6 Å². The van der Waals surface area contributed by atoms with E-state index in [1.807, 2.05) is 6.20 Å². The van der Waals surface area contributed by atoms with Crippen LogP contribution in [0.25, 0.3) is 0 Å². The van der Waals surface area contributed by atoms with E-state index < -0.39 is 0 Å². The van der Waals surface area contributed by atoms with Crippen molar-refractivity contribution in [1.82, 2.24) is 15.3 Å². The van der Waals surface area contributed by atoms with Crippen molar-refractivity contribution in [2.75, 3.05) is 0 Å². The van der Waals surface area contributed by atoms with E-state index in [1.165, 1.54) is 12.8 Å². The molecule has 0 aliphatic carbocycles. The van der Waals surface area contributed by atoms with E-state index in [4.69, 9.17) is 0 Å². The molecular formula is C13H23N3. The van der Waals surface area contributed by atoms with Crippen molar-refractivity contribution in [2.24, 2.45) is 5.92 Å². The quantitative estimate of drug-likeness (QED) is 0.802. The molecule has 1 N–H and O–H groups in total. The first-order valence-electron chi connectivity index (χ1n) is 6.20. The van der Waals surface area contributed by atoms with Crippen molar-refractivity contribution < 1.29 is 0 Å². The molecule has 0 aliphatic rings. The number of hydrogen-bond acceptors (Lipinski definition) is 3. The highest BCUT2D eigenvalue weighted by Crippen LogP contribution is 2.16. The lowest BCUT2D eigenvalue weighted by Gasteiger charge is -2.26. The first kappa shape index (κ1) is 13.1. The largest absolute Gasteiger partial charge is 0.306 e. The van der Waals surface area contributed by atoms with Crippen molar-refractivity contribution in [3.05, 3.63) is 24.3 Å². The molecule has 3 nitrogen and oxygen atoms in total. The van der Waals surface area contributed by atoms with E-state index in [-0.39, 0.29) is 6.04 Å². The van der Waals surface area contributed by atoms with Crippen molar-refractivity contribution in [1.29, 1.82) is 0 Å². The average molecular weight is 221 g/mol. The van der Waals surface area contributed by atoms with E-state index in [2.05, 4.69) is 43.0 Å². The molecule has 0 spiro atoms. The van der Waals surface area contributed by atoms with Gasteiger partial charge in [-0.1, -0.05) is 26.7 Å². The minimum absolute atomic E-state index is 0.268. The van der Waals surface area contributed by atoms with E-state index in [0.29, 0.717) is 6.04 Å². The Morgan fingerprint density at radius 2 is 1.88 bits per heavy atom. The topological polar surface area (TPSA) is 37.8 Å². The van der Waals surface area contributed by atoms with Crippen LogP contribution in [-0.2, 0) is 0 Å². The van der Waals surface area contributed by atoms with Gasteiger partial charge in [-0.2, -0.15) is 0 Å². The highest BCUT2D eigenvalue weighted by Gasteiger charge is 2.16. The standard InChI is InChI=1S/C13H23N3/c1-5-12(6-2)10(3)16-11(4)13-9-14-7-8-15-13/h7-12,16H,5-6H2,1-4H3. The smallest absolute Gasteiger partial charge is 0.0753 e. The second kappa shape index (κ2) is 6.59. The first-order chi connectivity index (χ1) is 7.69. The fourth-order valence-corrected chi connectivity index (χ4v) is 2.15. The predicted molar refractivity (Wildman–Crippen MR) is 67.1 cm³/mol. The zero-order valence-electron chi connectivity index (χ0n) is 10.8. The average Bonchev–Trinajstić information content (AvgIpc) is 2.31. The summed E-state index contributed by atoms with van der Waals surface area (Å²) in [5, 5.41) is 3.60. The maximum Gasteiger partial charge on any atom is 0.0753 e. The minimum atomic E-state index is 0.268. The molecule has 16 heavy (non-hydrogen) atoms. The molecule has 1 aromatic heterocycles. The molecule has 0 radical (unpaired) electrons. The van der Waals surface area contributed by atoms with E-state index in [9.17, 15) is 0 Å². The van der Waals surface area contributed by atoms with Crippen LogP contribution >= 0.6 is 0 Å². The maximum absolute atomic E-state index is 4.32. The number of hydrogen-bond donors (Lipinski definition) is 1. The van der Waals surface area contributed by atoms with Gasteiger partial charge in [0.2, 0.25) is 0 Å². The molecule has 0 bridgehead atoms. The Labute approximate surface area is 98.7 Å². The highest BCUT2D eigenvalue weighted by molar-refractivity contribution is 5.01. The summed E-state index contributed by atoms with van der Waals surface area (Å²) in [6, 6.07) is 0.788. The molecule has 0 saturated carbocycles. The monoisotopic (exact) mass is 221 g/mol. The lowest BCUT2D eigenvalue weighted by Crippen LogP contribution is -2.35. The Bertz CT molecular complexity index is 282. The van der Waals surface area contributed by atoms with E-state index >= 15 is 0 Å². The molecule has 3 heteroatoms. The number of nitrogens with zero attached hydrogens (tertiary/aromatic N) is 2. The Morgan fingerprint density at radius 1 is 1.19 bits per heavy atom. The number of aromatic nitrogens is 2. The van der Waals surface area contributed by atoms with Gasteiger partial charge in [0.05, 0.1) is 5.69 Å². The van der Waals surface area contributed by atoms with Gasteiger partial charge < -0.3 is 5.32 Å². The van der Waals surface area contributed by atoms with Gasteiger partial charge >= 0.3 is 0 Å². The van der Waals surface area contributed by atoms with Crippen molar-refractivity contribution in [3.8, 4) is 0 Å². The molecule has 0 fully saturated rings. The number of nitrogens with one attached hydrogen (secondary N) is 1. The van der Waals surface area contributed by atoms with Gasteiger partial charge in [-0.3, -0.25) is 9.97 Å². The first-order valence-corrected chi connectivity index (χ1v) is 6.20. The Balaban J connectivity index is 2.54. The zero-order valence-corrected chi connectivity index (χ0v) is 10.8. The molecule has 2 unspecified atom stereocenters. The Kier molecular flexibility index (Phi) is 5.39. The molecule has 1 rings (SSSR count). The third kappa shape index (κ3) is 3.56. The molecule has 0 aliphatic heterocycles. The van der Waals surface area contributed by atoms with Crippen molar-refractivity contribution >= 4 is 0 Å². The molecule has 0 amide bonds. The lowest BCUT2D eigenvalue weighted by molar-refractivity contribution is 0.328. The zero-order chi connectivity index (χ0) is 12.0. The predicted octanol–water partition coefficient (Wildman–Crippen LogP) is 2.95. The van der Waals surface area contributed by atoms with Crippen LogP contribution in [-0.4, -0.2) is 16.0 Å². The van der Waals surface area contributed by atoms with Gasteiger partial charge in [-0.25, -0.2) is 0 Å². The van der Waals surface area contributed by atoms with Crippen LogP contribution < -0.4 is 5.32 Å². The molecule has 1 aromatic rings. The van der Waals surface area contributed by atoms with Crippen molar-refractivity contribution in [3.63, 3.8) is 0 Å². The molecule has 90 valence electrons. The second-order valence-electron chi connectivity index (χ2n) is 4.38. The van der Waals surface area contributed by atoms with Gasteiger partial charge in [-0.15, -0.1) is 0 Å². The maximum atomic E-state index is 4.32. The van der Waals surface area contributed by atoms with Crippen LogP contribution in [0.4, 0.5) is 0 Å². The SMILES string of the molecule is CCC(CC)C(C)NC(C)c1cnccn1. The summed E-state index contributed by atoms with van der Waals surface area (Å²) in [6.45, 7) is 8.89. The van der Waals surface area contributed by atoms with E-state index in [0.717, 1.165) is 11.6 Å². The van der Waals surface area contributed by atoms with Gasteiger partial charge in [0, 0.05) is 30.7 Å². The minimum Gasteiger partial charge on any atom is -0.306 e. The summed E-state index contributed by atoms with van der Waals surface area (Å²) in [6.07, 6.45) is 7.73. The van der Waals surface area contributed by atoms with Gasteiger partial charge in [-0.05, 0) is 19.8 Å². The third-order valence-electron chi connectivity index (χ3n) is 3.30. The summed E-state index contributed by atoms with van der Waals surface area (Å²) in [5.41, 5.74) is 1.01. The van der Waals surface area contributed by atoms with Crippen molar-refractivity contribution in [2.45, 2.75) is 52.6 Å². The second-order valence-corrected chi connectivity index (χ2v) is 4.38. The number of rotatable bonds is 6. The summed E-state index contributed by atoms with van der Waals surface area (Å²) in [4.78, 5) is 8.41. The molecule has 1 heterocycles. The summed E-state index contributed by atoms with van der Waals surface area (Å²) in [7, 11) is 0. The van der Waals surface area contributed by atoms with Crippen LogP contribution in [0.1, 0.15) is 52.3 Å². The molecule has 0 saturated heterocycles. The lowest BCUT2D eigenvalue weighted by atomic mass is 9.95. The fourth-order valence-electron chi connectivity index (χ4n) is 2.15. The molecular weight excluding hydrogens is 198 g/mol. The van der Waals surface area contributed by atoms with Gasteiger partial charge in [0.1, 0.15) is 0 Å². The van der Waals surface area contributed by atoms with Gasteiger partial charge in [0.25, 0.3) is 0 Å². The normalized spacial score (nSPS) is 15.1. The van der Waals surface area contributed by atoms with E-state index in [1.54, 1.807) is 12.4 Å². The highest BCUT2D eigenvalue weighted by atomic mass is 15.0.